The van der Waals surface area contributed by atoms with E-state index in [2.05, 4.69) is 9.97 Å². The predicted octanol–water partition coefficient (Wildman–Crippen LogP) is 3.63. The van der Waals surface area contributed by atoms with E-state index in [4.69, 9.17) is 11.6 Å². The lowest BCUT2D eigenvalue weighted by Gasteiger charge is -2.07. The normalized spacial score (nSPS) is 10.5. The number of hydrogen-bond acceptors (Lipinski definition) is 4. The highest BCUT2D eigenvalue weighted by Gasteiger charge is 2.22. The Morgan fingerprint density at radius 1 is 1.16 bits per heavy atom. The Kier molecular flexibility index (Phi) is 3.48. The van der Waals surface area contributed by atoms with Gasteiger partial charge in [-0.2, -0.15) is 0 Å². The zero-order valence-electron chi connectivity index (χ0n) is 10.8. The van der Waals surface area contributed by atoms with Crippen LogP contribution < -0.4 is 0 Å². The first-order valence-corrected chi connectivity index (χ1v) is 6.04. The number of hydrogen-bond donors (Lipinski definition) is 0. The first-order chi connectivity index (χ1) is 8.90. The lowest BCUT2D eigenvalue weighted by atomic mass is 10.0. The summed E-state index contributed by atoms with van der Waals surface area (Å²) in [4.78, 5) is 18.5. The van der Waals surface area contributed by atoms with Crippen molar-refractivity contribution < 1.29 is 4.92 Å². The van der Waals surface area contributed by atoms with E-state index in [1.807, 2.05) is 26.0 Å². The monoisotopic (exact) mass is 277 g/mol. The van der Waals surface area contributed by atoms with E-state index in [1.54, 1.807) is 13.0 Å². The lowest BCUT2D eigenvalue weighted by Crippen LogP contribution is -2.01. The maximum absolute atomic E-state index is 11.2. The molecule has 0 aliphatic rings. The van der Waals surface area contributed by atoms with Gasteiger partial charge < -0.3 is 0 Å². The molecule has 2 aromatic rings. The summed E-state index contributed by atoms with van der Waals surface area (Å²) in [6, 6.07) is 5.56. The molecule has 0 saturated heterocycles. The molecule has 6 heteroatoms. The minimum atomic E-state index is -0.476. The summed E-state index contributed by atoms with van der Waals surface area (Å²) in [5.41, 5.74) is 3.24. The summed E-state index contributed by atoms with van der Waals surface area (Å²) in [5.74, 6) is 0. The van der Waals surface area contributed by atoms with Gasteiger partial charge in [-0.3, -0.25) is 10.1 Å². The van der Waals surface area contributed by atoms with Crippen LogP contribution in [-0.2, 0) is 0 Å². The maximum Gasteiger partial charge on any atom is 0.316 e. The van der Waals surface area contributed by atoms with Crippen molar-refractivity contribution in [3.8, 4) is 11.3 Å². The highest BCUT2D eigenvalue weighted by atomic mass is 35.5. The summed E-state index contributed by atoms with van der Waals surface area (Å²) in [7, 11) is 0. The van der Waals surface area contributed by atoms with E-state index < -0.39 is 4.92 Å². The Labute approximate surface area is 115 Å². The Balaban J connectivity index is 2.73. The minimum absolute atomic E-state index is 0.0105. The third-order valence-corrected chi connectivity index (χ3v) is 3.16. The van der Waals surface area contributed by atoms with Gasteiger partial charge in [-0.25, -0.2) is 9.97 Å². The quantitative estimate of drug-likeness (QED) is 0.477. The molecule has 2 rings (SSSR count). The lowest BCUT2D eigenvalue weighted by molar-refractivity contribution is -0.385. The molecular weight excluding hydrogens is 266 g/mol. The molecule has 0 saturated carbocycles. The smallest absolute Gasteiger partial charge is 0.258 e. The van der Waals surface area contributed by atoms with Gasteiger partial charge >= 0.3 is 5.69 Å². The molecule has 19 heavy (non-hydrogen) atoms. The molecule has 1 heterocycles. The molecule has 1 aromatic carbocycles. The van der Waals surface area contributed by atoms with E-state index in [0.29, 0.717) is 5.56 Å². The fourth-order valence-electron chi connectivity index (χ4n) is 1.84. The van der Waals surface area contributed by atoms with Gasteiger partial charge in [0, 0.05) is 5.56 Å². The van der Waals surface area contributed by atoms with Crippen LogP contribution in [-0.4, -0.2) is 14.9 Å². The number of nitrogens with zero attached hydrogens (tertiary/aromatic N) is 3. The molecule has 1 aromatic heterocycles. The Bertz CT molecular complexity index is 671. The molecule has 0 spiro atoms. The summed E-state index contributed by atoms with van der Waals surface area (Å²) in [6.07, 6.45) is 0. The first kappa shape index (κ1) is 13.4. The second-order valence-electron chi connectivity index (χ2n) is 4.33. The number of aromatic nitrogens is 2. The number of rotatable bonds is 2. The molecule has 0 atom stereocenters. The van der Waals surface area contributed by atoms with Gasteiger partial charge in [-0.05, 0) is 49.6 Å². The van der Waals surface area contributed by atoms with Crippen LogP contribution in [0, 0.1) is 30.9 Å². The molecule has 5 nitrogen and oxygen atoms in total. The molecule has 0 amide bonds. The second-order valence-corrected chi connectivity index (χ2v) is 4.67. The van der Waals surface area contributed by atoms with Gasteiger partial charge in [0.2, 0.25) is 5.28 Å². The predicted molar refractivity (Wildman–Crippen MR) is 73.3 cm³/mol. The van der Waals surface area contributed by atoms with Crippen LogP contribution >= 0.6 is 11.6 Å². The van der Waals surface area contributed by atoms with Crippen molar-refractivity contribution in [1.29, 1.82) is 0 Å². The molecule has 0 aliphatic carbocycles. The number of nitro groups is 1. The van der Waals surface area contributed by atoms with E-state index >= 15 is 0 Å². The zero-order chi connectivity index (χ0) is 14.2. The summed E-state index contributed by atoms with van der Waals surface area (Å²) in [5, 5.41) is 11.2. The van der Waals surface area contributed by atoms with Gasteiger partial charge in [0.05, 0.1) is 4.92 Å². The maximum atomic E-state index is 11.2. The molecule has 0 radical (unpaired) electrons. The molecule has 0 fully saturated rings. The van der Waals surface area contributed by atoms with Crippen molar-refractivity contribution in [2.75, 3.05) is 0 Å². The fraction of sp³-hybridized carbons (Fsp3) is 0.231. The SMILES string of the molecule is Cc1ccc(-c2nc(Cl)nc(C)c2[N+](=O)[O-])cc1C. The van der Waals surface area contributed by atoms with Crippen molar-refractivity contribution >= 4 is 17.3 Å². The number of halogens is 1. The number of benzene rings is 1. The van der Waals surface area contributed by atoms with Crippen molar-refractivity contribution in [3.05, 3.63) is 50.4 Å². The van der Waals surface area contributed by atoms with Crippen molar-refractivity contribution in [2.45, 2.75) is 20.8 Å². The van der Waals surface area contributed by atoms with Gasteiger partial charge in [0.1, 0.15) is 5.69 Å². The second kappa shape index (κ2) is 4.93. The topological polar surface area (TPSA) is 68.9 Å². The van der Waals surface area contributed by atoms with Crippen LogP contribution in [0.2, 0.25) is 5.28 Å². The fourth-order valence-corrected chi connectivity index (χ4v) is 2.05. The van der Waals surface area contributed by atoms with Gasteiger partial charge in [0.15, 0.2) is 5.69 Å². The third-order valence-electron chi connectivity index (χ3n) is 2.99. The van der Waals surface area contributed by atoms with Crippen LogP contribution in [0.5, 0.6) is 0 Å². The molecule has 98 valence electrons. The van der Waals surface area contributed by atoms with Crippen LogP contribution in [0.25, 0.3) is 11.3 Å². The summed E-state index contributed by atoms with van der Waals surface area (Å²) >= 11 is 5.80. The number of aryl methyl sites for hydroxylation is 3. The van der Waals surface area contributed by atoms with E-state index in [-0.39, 0.29) is 22.4 Å². The Morgan fingerprint density at radius 3 is 2.42 bits per heavy atom. The minimum Gasteiger partial charge on any atom is -0.258 e. The summed E-state index contributed by atoms with van der Waals surface area (Å²) in [6.45, 7) is 5.47. The van der Waals surface area contributed by atoms with Gasteiger partial charge in [-0.15, -0.1) is 0 Å². The molecule has 0 unspecified atom stereocenters. The molecule has 0 bridgehead atoms. The zero-order valence-corrected chi connectivity index (χ0v) is 11.5. The first-order valence-electron chi connectivity index (χ1n) is 5.66. The standard InChI is InChI=1S/C13H12ClN3O2/c1-7-4-5-10(6-8(7)2)11-12(17(18)19)9(3)15-13(14)16-11/h4-6H,1-3H3. The van der Waals surface area contributed by atoms with Crippen LogP contribution in [0.1, 0.15) is 16.8 Å². The van der Waals surface area contributed by atoms with Crippen molar-refractivity contribution in [1.82, 2.24) is 9.97 Å². The van der Waals surface area contributed by atoms with Crippen LogP contribution in [0.3, 0.4) is 0 Å². The van der Waals surface area contributed by atoms with E-state index in [9.17, 15) is 10.1 Å². The van der Waals surface area contributed by atoms with Crippen molar-refractivity contribution in [2.24, 2.45) is 0 Å². The molecule has 0 N–H and O–H groups in total. The average Bonchev–Trinajstić information content (AvgIpc) is 2.31. The van der Waals surface area contributed by atoms with Crippen molar-refractivity contribution in [3.63, 3.8) is 0 Å². The summed E-state index contributed by atoms with van der Waals surface area (Å²) < 4.78 is 0. The largest absolute Gasteiger partial charge is 0.316 e. The Hall–Kier alpha value is -2.01. The molecule has 0 aliphatic heterocycles. The van der Waals surface area contributed by atoms with E-state index in [1.165, 1.54) is 0 Å². The molecular formula is C13H12ClN3O2. The van der Waals surface area contributed by atoms with Crippen LogP contribution in [0.4, 0.5) is 5.69 Å². The third kappa shape index (κ3) is 2.56. The van der Waals surface area contributed by atoms with E-state index in [0.717, 1.165) is 11.1 Å². The van der Waals surface area contributed by atoms with Gasteiger partial charge in [0.25, 0.3) is 0 Å². The highest BCUT2D eigenvalue weighted by Crippen LogP contribution is 2.31. The van der Waals surface area contributed by atoms with Crippen LogP contribution in [0.15, 0.2) is 18.2 Å². The average molecular weight is 278 g/mol. The highest BCUT2D eigenvalue weighted by molar-refractivity contribution is 6.28. The Morgan fingerprint density at radius 2 is 1.84 bits per heavy atom. The van der Waals surface area contributed by atoms with Gasteiger partial charge in [-0.1, -0.05) is 12.1 Å².